The van der Waals surface area contributed by atoms with Gasteiger partial charge in [0.2, 0.25) is 11.7 Å². The molecule has 1 fully saturated rings. The third-order valence-electron chi connectivity index (χ3n) is 4.89. The lowest BCUT2D eigenvalue weighted by Crippen LogP contribution is -2.48. The van der Waals surface area contributed by atoms with Gasteiger partial charge in [-0.15, -0.1) is 11.3 Å². The number of carbonyl (C=O) groups excluding carboxylic acids is 1. The van der Waals surface area contributed by atoms with Crippen molar-refractivity contribution in [3.05, 3.63) is 41.5 Å². The molecule has 0 aliphatic carbocycles. The van der Waals surface area contributed by atoms with Crippen LogP contribution in [0.15, 0.2) is 36.7 Å². The molecule has 3 heterocycles. The quantitative estimate of drug-likeness (QED) is 0.642. The van der Waals surface area contributed by atoms with Gasteiger partial charge in [0.05, 0.1) is 15.4 Å². The summed E-state index contributed by atoms with van der Waals surface area (Å²) in [5, 5.41) is 6.87. The van der Waals surface area contributed by atoms with Crippen LogP contribution in [-0.4, -0.2) is 39.5 Å². The van der Waals surface area contributed by atoms with Crippen molar-refractivity contribution in [1.82, 2.24) is 15.3 Å². The molecule has 3 rings (SSSR count). The van der Waals surface area contributed by atoms with E-state index in [2.05, 4.69) is 41.0 Å². The minimum atomic E-state index is -0.834. The summed E-state index contributed by atoms with van der Waals surface area (Å²) in [6.07, 6.45) is 3.53. The van der Waals surface area contributed by atoms with Crippen molar-refractivity contribution in [1.29, 1.82) is 0 Å². The number of aromatic nitrogens is 2. The van der Waals surface area contributed by atoms with Gasteiger partial charge in [0.25, 0.3) is 0 Å². The summed E-state index contributed by atoms with van der Waals surface area (Å²) in [5.41, 5.74) is 0.974. The molecule has 1 aliphatic heterocycles. The SMILES string of the molecule is C=C1CC(Nc2nccc(-c3ccc(C(=O)C(C)(C)OCC)s3)n2)CC(C)(C)N1. The number of rotatable bonds is 7. The normalized spacial score (nSPS) is 18.9. The fourth-order valence-electron chi connectivity index (χ4n) is 3.74. The Labute approximate surface area is 176 Å². The molecular weight excluding hydrogens is 384 g/mol. The van der Waals surface area contributed by atoms with Gasteiger partial charge < -0.3 is 15.4 Å². The zero-order valence-corrected chi connectivity index (χ0v) is 18.7. The first-order valence-electron chi connectivity index (χ1n) is 9.94. The number of nitrogens with zero attached hydrogens (tertiary/aromatic N) is 2. The average molecular weight is 415 g/mol. The summed E-state index contributed by atoms with van der Waals surface area (Å²) in [6, 6.07) is 5.87. The van der Waals surface area contributed by atoms with E-state index < -0.39 is 5.60 Å². The van der Waals surface area contributed by atoms with E-state index >= 15 is 0 Å². The Morgan fingerprint density at radius 2 is 2.17 bits per heavy atom. The minimum Gasteiger partial charge on any atom is -0.384 e. The molecule has 2 aromatic heterocycles. The maximum Gasteiger partial charge on any atom is 0.223 e. The largest absolute Gasteiger partial charge is 0.384 e. The van der Waals surface area contributed by atoms with Gasteiger partial charge in [-0.1, -0.05) is 6.58 Å². The van der Waals surface area contributed by atoms with Crippen LogP contribution in [0.4, 0.5) is 5.95 Å². The Morgan fingerprint density at radius 1 is 1.41 bits per heavy atom. The number of piperidine rings is 1. The number of hydrogen-bond acceptors (Lipinski definition) is 7. The smallest absolute Gasteiger partial charge is 0.223 e. The first-order valence-corrected chi connectivity index (χ1v) is 10.8. The van der Waals surface area contributed by atoms with Crippen LogP contribution >= 0.6 is 11.3 Å². The number of anilines is 1. The van der Waals surface area contributed by atoms with Gasteiger partial charge in [0.1, 0.15) is 5.60 Å². The van der Waals surface area contributed by atoms with Crippen LogP contribution < -0.4 is 10.6 Å². The molecule has 0 bridgehead atoms. The Bertz CT molecular complexity index is 904. The predicted octanol–water partition coefficient (Wildman–Crippen LogP) is 4.66. The van der Waals surface area contributed by atoms with Crippen LogP contribution in [0.3, 0.4) is 0 Å². The Morgan fingerprint density at radius 3 is 2.86 bits per heavy atom. The van der Waals surface area contributed by atoms with E-state index in [1.54, 1.807) is 20.0 Å². The number of Topliss-reactive ketones (excluding diaryl/α,β-unsaturated/α-hetero) is 1. The molecule has 1 unspecified atom stereocenters. The second-order valence-corrected chi connectivity index (χ2v) is 9.65. The van der Waals surface area contributed by atoms with Crippen LogP contribution in [-0.2, 0) is 4.74 Å². The highest BCUT2D eigenvalue weighted by atomic mass is 32.1. The lowest BCUT2D eigenvalue weighted by molar-refractivity contribution is 0.00159. The van der Waals surface area contributed by atoms with Crippen molar-refractivity contribution in [3.8, 4) is 10.6 Å². The van der Waals surface area contributed by atoms with Crippen molar-refractivity contribution in [2.75, 3.05) is 11.9 Å². The minimum absolute atomic E-state index is 0.0129. The number of hydrogen-bond donors (Lipinski definition) is 2. The molecule has 2 N–H and O–H groups in total. The summed E-state index contributed by atoms with van der Waals surface area (Å²) in [5.74, 6) is 0.576. The third kappa shape index (κ3) is 5.22. The van der Waals surface area contributed by atoms with Gasteiger partial charge in [0, 0.05) is 36.5 Å². The van der Waals surface area contributed by atoms with Crippen LogP contribution in [0.2, 0.25) is 0 Å². The van der Waals surface area contributed by atoms with Gasteiger partial charge in [-0.05, 0) is 59.2 Å². The molecule has 29 heavy (non-hydrogen) atoms. The van der Waals surface area contributed by atoms with Gasteiger partial charge in [0.15, 0.2) is 0 Å². The zero-order chi connectivity index (χ0) is 21.2. The first-order chi connectivity index (χ1) is 13.6. The maximum absolute atomic E-state index is 12.7. The molecule has 0 spiro atoms. The molecule has 6 nitrogen and oxygen atoms in total. The fourth-order valence-corrected chi connectivity index (χ4v) is 4.80. The van der Waals surface area contributed by atoms with Crippen LogP contribution in [0.5, 0.6) is 0 Å². The lowest BCUT2D eigenvalue weighted by atomic mass is 9.88. The van der Waals surface area contributed by atoms with Gasteiger partial charge >= 0.3 is 0 Å². The number of thiophene rings is 1. The van der Waals surface area contributed by atoms with Crippen LogP contribution in [0.1, 0.15) is 57.1 Å². The van der Waals surface area contributed by atoms with E-state index in [4.69, 9.17) is 4.74 Å². The van der Waals surface area contributed by atoms with Crippen molar-refractivity contribution in [3.63, 3.8) is 0 Å². The van der Waals surface area contributed by atoms with Crippen molar-refractivity contribution in [2.24, 2.45) is 0 Å². The van der Waals surface area contributed by atoms with E-state index in [9.17, 15) is 4.79 Å². The summed E-state index contributed by atoms with van der Waals surface area (Å²) in [7, 11) is 0. The summed E-state index contributed by atoms with van der Waals surface area (Å²) < 4.78 is 5.60. The van der Waals surface area contributed by atoms with E-state index in [0.29, 0.717) is 17.4 Å². The van der Waals surface area contributed by atoms with E-state index in [1.165, 1.54) is 11.3 Å². The molecule has 1 saturated heterocycles. The molecule has 0 radical (unpaired) electrons. The molecule has 2 aromatic rings. The summed E-state index contributed by atoms with van der Waals surface area (Å²) >= 11 is 1.43. The maximum atomic E-state index is 12.7. The lowest BCUT2D eigenvalue weighted by Gasteiger charge is -2.38. The Hall–Kier alpha value is -2.25. The number of nitrogens with one attached hydrogen (secondary N) is 2. The van der Waals surface area contributed by atoms with E-state index in [-0.39, 0.29) is 17.4 Å². The first kappa shape index (κ1) is 21.5. The average Bonchev–Trinajstić information content (AvgIpc) is 3.09. The second-order valence-electron chi connectivity index (χ2n) is 8.56. The zero-order valence-electron chi connectivity index (χ0n) is 17.8. The van der Waals surface area contributed by atoms with Gasteiger partial charge in [-0.3, -0.25) is 4.79 Å². The highest BCUT2D eigenvalue weighted by molar-refractivity contribution is 7.17. The molecule has 0 aromatic carbocycles. The third-order valence-corrected chi connectivity index (χ3v) is 5.99. The van der Waals surface area contributed by atoms with Gasteiger partial charge in [-0.25, -0.2) is 9.97 Å². The molecule has 156 valence electrons. The van der Waals surface area contributed by atoms with Crippen molar-refractivity contribution >= 4 is 23.1 Å². The van der Waals surface area contributed by atoms with Crippen molar-refractivity contribution < 1.29 is 9.53 Å². The highest BCUT2D eigenvalue weighted by Crippen LogP contribution is 2.31. The van der Waals surface area contributed by atoms with Crippen molar-refractivity contribution in [2.45, 2.75) is 64.6 Å². The molecule has 0 amide bonds. The second kappa shape index (κ2) is 8.24. The standard InChI is InChI=1S/C22H30N4O2S/c1-7-28-22(5,6)19(27)18-9-8-17(29-18)16-10-11-23-20(25-16)24-15-12-14(2)26-21(3,4)13-15/h8-11,15,26H,2,7,12-13H2,1,3-6H3,(H,23,24,25). The van der Waals surface area contributed by atoms with Gasteiger partial charge in [-0.2, -0.15) is 0 Å². The Balaban J connectivity index is 1.76. The number of ether oxygens (including phenoxy) is 1. The molecule has 7 heteroatoms. The predicted molar refractivity (Wildman–Crippen MR) is 118 cm³/mol. The molecule has 1 atom stereocenters. The van der Waals surface area contributed by atoms with Crippen LogP contribution in [0.25, 0.3) is 10.6 Å². The topological polar surface area (TPSA) is 76.1 Å². The summed E-state index contributed by atoms with van der Waals surface area (Å²) in [6.45, 7) is 14.4. The fraction of sp³-hybridized carbons (Fsp3) is 0.500. The highest BCUT2D eigenvalue weighted by Gasteiger charge is 2.31. The Kier molecular flexibility index (Phi) is 6.10. The molecule has 1 aliphatic rings. The molecular formula is C22H30N4O2S. The number of ketones is 1. The summed E-state index contributed by atoms with van der Waals surface area (Å²) in [4.78, 5) is 23.4. The van der Waals surface area contributed by atoms with E-state index in [1.807, 2.05) is 25.1 Å². The molecule has 0 saturated carbocycles. The van der Waals surface area contributed by atoms with E-state index in [0.717, 1.165) is 29.1 Å². The van der Waals surface area contributed by atoms with Crippen LogP contribution in [0, 0.1) is 0 Å². The monoisotopic (exact) mass is 414 g/mol. The number of carbonyl (C=O) groups is 1.